The molecule has 0 radical (unpaired) electrons. The maximum Gasteiger partial charge on any atom is 0.168 e. The van der Waals surface area contributed by atoms with Crippen molar-refractivity contribution in [1.29, 1.82) is 0 Å². The Bertz CT molecular complexity index is 832. The van der Waals surface area contributed by atoms with E-state index in [1.165, 1.54) is 57.3 Å². The summed E-state index contributed by atoms with van der Waals surface area (Å²) in [5.41, 5.74) is 6.73. The molecule has 0 bridgehead atoms. The van der Waals surface area contributed by atoms with E-state index in [2.05, 4.69) is 67.3 Å². The Morgan fingerprint density at radius 1 is 0.885 bits per heavy atom. The van der Waals surface area contributed by atoms with Gasteiger partial charge in [-0.2, -0.15) is 0 Å². The van der Waals surface area contributed by atoms with Crippen LogP contribution in [0.3, 0.4) is 0 Å². The average Bonchev–Trinajstić information content (AvgIpc) is 2.94. The van der Waals surface area contributed by atoms with Gasteiger partial charge in [0.1, 0.15) is 0 Å². The molecule has 0 N–H and O–H groups in total. The highest BCUT2D eigenvalue weighted by Crippen LogP contribution is 2.43. The van der Waals surface area contributed by atoms with Gasteiger partial charge in [0.25, 0.3) is 0 Å². The first-order valence-corrected chi connectivity index (χ1v) is 10.4. The summed E-state index contributed by atoms with van der Waals surface area (Å²) in [6.07, 6.45) is 4.70. The Labute approximate surface area is 161 Å². The van der Waals surface area contributed by atoms with Crippen molar-refractivity contribution in [3.63, 3.8) is 0 Å². The van der Waals surface area contributed by atoms with E-state index in [9.17, 15) is 0 Å². The molecule has 0 saturated heterocycles. The zero-order valence-corrected chi connectivity index (χ0v) is 16.5. The molecule has 4 rings (SSSR count). The van der Waals surface area contributed by atoms with Gasteiger partial charge < -0.3 is 4.90 Å². The summed E-state index contributed by atoms with van der Waals surface area (Å²) in [7, 11) is 0. The normalized spacial score (nSPS) is 17.6. The molecule has 0 amide bonds. The molecule has 0 spiro atoms. The maximum absolute atomic E-state index is 4.91. The number of aliphatic imine (C=N–C) groups is 1. The third kappa shape index (κ3) is 3.73. The summed E-state index contributed by atoms with van der Waals surface area (Å²) >= 11 is 1.86. The smallest absolute Gasteiger partial charge is 0.168 e. The molecule has 0 saturated carbocycles. The van der Waals surface area contributed by atoms with Gasteiger partial charge in [0.2, 0.25) is 0 Å². The summed E-state index contributed by atoms with van der Waals surface area (Å²) in [6.45, 7) is 6.34. The van der Waals surface area contributed by atoms with Crippen molar-refractivity contribution in [1.82, 2.24) is 4.90 Å². The first-order chi connectivity index (χ1) is 12.7. The standard InChI is InChI=1S/C23H26N2S/c1-17-6-10-19(11-7-17)16-21-22(20-12-8-18(2)9-13-20)26-23-24-14-4-3-5-15-25(21)23/h6-13H,3-5,14-16H2,1-2H3. The van der Waals surface area contributed by atoms with Crippen molar-refractivity contribution in [3.05, 3.63) is 76.5 Å². The molecule has 2 nitrogen and oxygen atoms in total. The number of allylic oxidation sites excluding steroid dienone is 1. The van der Waals surface area contributed by atoms with E-state index in [1.807, 2.05) is 11.8 Å². The fourth-order valence-corrected chi connectivity index (χ4v) is 4.73. The van der Waals surface area contributed by atoms with E-state index in [4.69, 9.17) is 4.99 Å². The molecule has 2 aliphatic rings. The molecule has 0 atom stereocenters. The molecule has 2 aromatic rings. The Hall–Kier alpha value is -2.00. The molecular formula is C23H26N2S. The third-order valence-corrected chi connectivity index (χ3v) is 6.31. The number of amidine groups is 1. The van der Waals surface area contributed by atoms with E-state index >= 15 is 0 Å². The molecule has 26 heavy (non-hydrogen) atoms. The number of rotatable bonds is 3. The molecule has 3 heteroatoms. The lowest BCUT2D eigenvalue weighted by molar-refractivity contribution is 0.470. The fourth-order valence-electron chi connectivity index (χ4n) is 3.53. The third-order valence-electron chi connectivity index (χ3n) is 5.11. The number of benzene rings is 2. The molecule has 2 aliphatic heterocycles. The molecular weight excluding hydrogens is 336 g/mol. The first kappa shape index (κ1) is 17.4. The summed E-state index contributed by atoms with van der Waals surface area (Å²) in [4.78, 5) is 8.77. The summed E-state index contributed by atoms with van der Waals surface area (Å²) in [5, 5.41) is 1.20. The first-order valence-electron chi connectivity index (χ1n) is 9.56. The quantitative estimate of drug-likeness (QED) is 0.685. The number of hydrogen-bond acceptors (Lipinski definition) is 3. The SMILES string of the molecule is Cc1ccc(CC2=C(c3ccc(C)cc3)SC3=NCCCCCN32)cc1. The van der Waals surface area contributed by atoms with Crippen molar-refractivity contribution in [2.45, 2.75) is 39.5 Å². The Morgan fingerprint density at radius 3 is 2.31 bits per heavy atom. The Balaban J connectivity index is 1.74. The minimum absolute atomic E-state index is 0.956. The van der Waals surface area contributed by atoms with Gasteiger partial charge in [0.15, 0.2) is 5.17 Å². The molecule has 0 aromatic heterocycles. The lowest BCUT2D eigenvalue weighted by Gasteiger charge is -2.24. The van der Waals surface area contributed by atoms with Crippen LogP contribution >= 0.6 is 11.8 Å². The highest BCUT2D eigenvalue weighted by Gasteiger charge is 2.30. The van der Waals surface area contributed by atoms with Gasteiger partial charge in [0.05, 0.1) is 0 Å². The van der Waals surface area contributed by atoms with E-state index in [0.29, 0.717) is 0 Å². The second-order valence-electron chi connectivity index (χ2n) is 7.28. The van der Waals surface area contributed by atoms with Gasteiger partial charge in [-0.3, -0.25) is 4.99 Å². The molecule has 2 heterocycles. The minimum Gasteiger partial charge on any atom is -0.323 e. The average molecular weight is 363 g/mol. The molecule has 0 unspecified atom stereocenters. The summed E-state index contributed by atoms with van der Waals surface area (Å²) < 4.78 is 0. The predicted molar refractivity (Wildman–Crippen MR) is 113 cm³/mol. The van der Waals surface area contributed by atoms with Crippen LogP contribution in [0.4, 0.5) is 0 Å². The van der Waals surface area contributed by atoms with Crippen LogP contribution < -0.4 is 0 Å². The van der Waals surface area contributed by atoms with Crippen LogP contribution in [0.15, 0.2) is 59.2 Å². The van der Waals surface area contributed by atoms with Crippen LogP contribution in [-0.4, -0.2) is 23.2 Å². The fraction of sp³-hybridized carbons (Fsp3) is 0.348. The second kappa shape index (κ2) is 7.71. The van der Waals surface area contributed by atoms with Crippen molar-refractivity contribution in [2.75, 3.05) is 13.1 Å². The summed E-state index contributed by atoms with van der Waals surface area (Å²) in [5.74, 6) is 0. The van der Waals surface area contributed by atoms with Crippen molar-refractivity contribution >= 4 is 21.8 Å². The number of fused-ring (bicyclic) bond motifs is 1. The zero-order valence-electron chi connectivity index (χ0n) is 15.7. The van der Waals surface area contributed by atoms with Crippen LogP contribution in [0.1, 0.15) is 41.5 Å². The van der Waals surface area contributed by atoms with E-state index < -0.39 is 0 Å². The van der Waals surface area contributed by atoms with E-state index in [0.717, 1.165) is 19.5 Å². The second-order valence-corrected chi connectivity index (χ2v) is 8.26. The number of nitrogens with zero attached hydrogens (tertiary/aromatic N) is 2. The van der Waals surface area contributed by atoms with Gasteiger partial charge in [-0.1, -0.05) is 59.7 Å². The summed E-state index contributed by atoms with van der Waals surface area (Å²) in [6, 6.07) is 17.9. The largest absolute Gasteiger partial charge is 0.323 e. The molecule has 0 fully saturated rings. The van der Waals surface area contributed by atoms with Crippen LogP contribution in [0.25, 0.3) is 4.91 Å². The molecule has 134 valence electrons. The highest BCUT2D eigenvalue weighted by molar-refractivity contribution is 8.22. The highest BCUT2D eigenvalue weighted by atomic mass is 32.2. The topological polar surface area (TPSA) is 15.6 Å². The van der Waals surface area contributed by atoms with Crippen molar-refractivity contribution in [2.24, 2.45) is 4.99 Å². The lowest BCUT2D eigenvalue weighted by Crippen LogP contribution is -2.28. The van der Waals surface area contributed by atoms with Gasteiger partial charge in [0, 0.05) is 30.1 Å². The number of thioether (sulfide) groups is 1. The van der Waals surface area contributed by atoms with E-state index in [1.54, 1.807) is 0 Å². The van der Waals surface area contributed by atoms with Crippen LogP contribution in [-0.2, 0) is 6.42 Å². The number of hydrogen-bond donors (Lipinski definition) is 0. The number of aryl methyl sites for hydroxylation is 2. The Morgan fingerprint density at radius 2 is 1.58 bits per heavy atom. The van der Waals surface area contributed by atoms with Gasteiger partial charge in [-0.25, -0.2) is 0 Å². The monoisotopic (exact) mass is 362 g/mol. The van der Waals surface area contributed by atoms with E-state index in [-0.39, 0.29) is 0 Å². The minimum atomic E-state index is 0.956. The molecule has 2 aromatic carbocycles. The lowest BCUT2D eigenvalue weighted by atomic mass is 10.0. The van der Waals surface area contributed by atoms with Crippen molar-refractivity contribution < 1.29 is 0 Å². The van der Waals surface area contributed by atoms with Gasteiger partial charge >= 0.3 is 0 Å². The van der Waals surface area contributed by atoms with Gasteiger partial charge in [-0.05, 0) is 56.0 Å². The Kier molecular flexibility index (Phi) is 5.16. The maximum atomic E-state index is 4.91. The van der Waals surface area contributed by atoms with Gasteiger partial charge in [-0.15, -0.1) is 0 Å². The predicted octanol–water partition coefficient (Wildman–Crippen LogP) is 5.80. The van der Waals surface area contributed by atoms with Crippen molar-refractivity contribution in [3.8, 4) is 0 Å². The van der Waals surface area contributed by atoms with Crippen LogP contribution in [0, 0.1) is 13.8 Å². The molecule has 0 aliphatic carbocycles. The zero-order chi connectivity index (χ0) is 17.9. The van der Waals surface area contributed by atoms with Crippen LogP contribution in [0.2, 0.25) is 0 Å². The van der Waals surface area contributed by atoms with Crippen LogP contribution in [0.5, 0.6) is 0 Å².